The van der Waals surface area contributed by atoms with E-state index in [2.05, 4.69) is 16.4 Å². The van der Waals surface area contributed by atoms with Gasteiger partial charge < -0.3 is 5.32 Å². The average Bonchev–Trinajstić information content (AvgIpc) is 2.97. The van der Waals surface area contributed by atoms with E-state index < -0.39 is 0 Å². The molecule has 3 heteroatoms. The number of rotatable bonds is 3. The van der Waals surface area contributed by atoms with Gasteiger partial charge in [0, 0.05) is 12.2 Å². The Bertz CT molecular complexity index is 530. The van der Waals surface area contributed by atoms with Crippen LogP contribution in [0.4, 0.5) is 5.69 Å². The van der Waals surface area contributed by atoms with Crippen LogP contribution >= 0.6 is 0 Å². The van der Waals surface area contributed by atoms with Crippen LogP contribution in [0.15, 0.2) is 6.07 Å². The third-order valence-electron chi connectivity index (χ3n) is 4.88. The summed E-state index contributed by atoms with van der Waals surface area (Å²) >= 11 is 0. The highest BCUT2D eigenvalue weighted by Gasteiger charge is 2.39. The highest BCUT2D eigenvalue weighted by atomic mass is 14.9. The first-order chi connectivity index (χ1) is 9.17. The molecular weight excluding hydrogens is 234 g/mol. The Labute approximate surface area is 115 Å². The first-order valence-corrected chi connectivity index (χ1v) is 7.29. The Balaban J connectivity index is 1.72. The summed E-state index contributed by atoms with van der Waals surface area (Å²) in [5.41, 5.74) is 3.48. The zero-order valence-corrected chi connectivity index (χ0v) is 11.7. The number of aryl methyl sites for hydroxylation is 2. The van der Waals surface area contributed by atoms with E-state index in [1.165, 1.54) is 25.7 Å². The number of hydrogen-bond donors (Lipinski definition) is 1. The summed E-state index contributed by atoms with van der Waals surface area (Å²) in [6.07, 6.45) is 5.67. The van der Waals surface area contributed by atoms with Crippen molar-refractivity contribution in [3.8, 4) is 6.07 Å². The van der Waals surface area contributed by atoms with Gasteiger partial charge >= 0.3 is 0 Å². The van der Waals surface area contributed by atoms with Crippen molar-refractivity contribution in [1.82, 2.24) is 4.98 Å². The smallest absolute Gasteiger partial charge is 0.103 e. The van der Waals surface area contributed by atoms with Gasteiger partial charge in [0.25, 0.3) is 0 Å². The van der Waals surface area contributed by atoms with Gasteiger partial charge in [-0.15, -0.1) is 0 Å². The van der Waals surface area contributed by atoms with E-state index in [0.29, 0.717) is 5.56 Å². The Hall–Kier alpha value is -1.56. The van der Waals surface area contributed by atoms with Gasteiger partial charge in [-0.3, -0.25) is 4.98 Å². The predicted octanol–water partition coefficient (Wildman–Crippen LogP) is 3.42. The molecule has 0 aliphatic heterocycles. The lowest BCUT2D eigenvalue weighted by Gasteiger charge is -2.23. The fourth-order valence-corrected chi connectivity index (χ4v) is 3.98. The van der Waals surface area contributed by atoms with Crippen LogP contribution in [0.3, 0.4) is 0 Å². The van der Waals surface area contributed by atoms with Crippen LogP contribution in [0, 0.1) is 42.9 Å². The number of aromatic nitrogens is 1. The van der Waals surface area contributed by atoms with E-state index in [0.717, 1.165) is 41.4 Å². The molecule has 2 aliphatic rings. The molecule has 3 unspecified atom stereocenters. The third kappa shape index (κ3) is 2.32. The van der Waals surface area contributed by atoms with E-state index in [1.54, 1.807) is 0 Å². The molecule has 0 aromatic carbocycles. The van der Waals surface area contributed by atoms with Crippen molar-refractivity contribution in [1.29, 1.82) is 5.26 Å². The van der Waals surface area contributed by atoms with E-state index in [-0.39, 0.29) is 0 Å². The van der Waals surface area contributed by atoms with Crippen molar-refractivity contribution >= 4 is 5.69 Å². The number of fused-ring (bicyclic) bond motifs is 2. The molecule has 2 bridgehead atoms. The predicted molar refractivity (Wildman–Crippen MR) is 75.9 cm³/mol. The van der Waals surface area contributed by atoms with E-state index in [1.807, 2.05) is 19.9 Å². The van der Waals surface area contributed by atoms with Gasteiger partial charge in [0.1, 0.15) is 6.07 Å². The van der Waals surface area contributed by atoms with Crippen LogP contribution in [0.1, 0.15) is 42.6 Å². The van der Waals surface area contributed by atoms with Crippen LogP contribution < -0.4 is 5.32 Å². The maximum absolute atomic E-state index is 9.26. The fraction of sp³-hybridized carbons (Fsp3) is 0.625. The molecule has 3 nitrogen and oxygen atoms in total. The Morgan fingerprint density at radius 2 is 2.21 bits per heavy atom. The van der Waals surface area contributed by atoms with Crippen LogP contribution in [0.2, 0.25) is 0 Å². The lowest BCUT2D eigenvalue weighted by Crippen LogP contribution is -2.20. The highest BCUT2D eigenvalue weighted by molar-refractivity contribution is 5.59. The summed E-state index contributed by atoms with van der Waals surface area (Å²) in [5.74, 6) is 2.71. The Morgan fingerprint density at radius 1 is 1.37 bits per heavy atom. The molecule has 1 aromatic rings. The standard InChI is InChI=1S/C16H21N3/c1-10-5-16(15(8-17)11(2)19-10)18-9-14-7-12-3-4-13(14)6-12/h5,12-14H,3-4,6-7,9H2,1-2H3,(H,18,19). The molecule has 2 saturated carbocycles. The summed E-state index contributed by atoms with van der Waals surface area (Å²) in [6, 6.07) is 4.27. The van der Waals surface area contributed by atoms with Gasteiger partial charge in [0.05, 0.1) is 16.9 Å². The zero-order chi connectivity index (χ0) is 13.4. The molecule has 0 radical (unpaired) electrons. The minimum absolute atomic E-state index is 0.703. The number of pyridine rings is 1. The van der Waals surface area contributed by atoms with Crippen molar-refractivity contribution < 1.29 is 0 Å². The van der Waals surface area contributed by atoms with Crippen LogP contribution in [-0.4, -0.2) is 11.5 Å². The Morgan fingerprint density at radius 3 is 2.84 bits per heavy atom. The summed E-state index contributed by atoms with van der Waals surface area (Å²) < 4.78 is 0. The lowest BCUT2D eigenvalue weighted by molar-refractivity contribution is 0.348. The number of nitriles is 1. The Kier molecular flexibility index (Phi) is 3.18. The topological polar surface area (TPSA) is 48.7 Å². The van der Waals surface area contributed by atoms with Gasteiger partial charge in [-0.2, -0.15) is 5.26 Å². The van der Waals surface area contributed by atoms with E-state index in [4.69, 9.17) is 0 Å². The second-order valence-corrected chi connectivity index (χ2v) is 6.20. The van der Waals surface area contributed by atoms with Crippen molar-refractivity contribution in [2.45, 2.75) is 39.5 Å². The lowest BCUT2D eigenvalue weighted by atomic mass is 9.89. The van der Waals surface area contributed by atoms with Gasteiger partial charge in [-0.05, 0) is 56.9 Å². The van der Waals surface area contributed by atoms with Gasteiger partial charge in [-0.25, -0.2) is 0 Å². The monoisotopic (exact) mass is 255 g/mol. The van der Waals surface area contributed by atoms with E-state index in [9.17, 15) is 5.26 Å². The molecule has 3 atom stereocenters. The van der Waals surface area contributed by atoms with Crippen LogP contribution in [-0.2, 0) is 0 Å². The number of nitrogens with zero attached hydrogens (tertiary/aromatic N) is 2. The van der Waals surface area contributed by atoms with Gasteiger partial charge in [0.2, 0.25) is 0 Å². The molecule has 0 amide bonds. The van der Waals surface area contributed by atoms with Gasteiger partial charge in [0.15, 0.2) is 0 Å². The summed E-state index contributed by atoms with van der Waals surface area (Å²) in [4.78, 5) is 4.36. The van der Waals surface area contributed by atoms with Crippen molar-refractivity contribution in [3.05, 3.63) is 23.0 Å². The summed E-state index contributed by atoms with van der Waals surface area (Å²) in [6.45, 7) is 4.91. The molecule has 1 aromatic heterocycles. The number of hydrogen-bond acceptors (Lipinski definition) is 3. The second kappa shape index (κ2) is 4.85. The maximum atomic E-state index is 9.26. The number of anilines is 1. The summed E-state index contributed by atoms with van der Waals surface area (Å²) in [7, 11) is 0. The van der Waals surface area contributed by atoms with Crippen molar-refractivity contribution in [2.75, 3.05) is 11.9 Å². The van der Waals surface area contributed by atoms with Gasteiger partial charge in [-0.1, -0.05) is 6.42 Å². The van der Waals surface area contributed by atoms with Crippen molar-refractivity contribution in [2.24, 2.45) is 17.8 Å². The SMILES string of the molecule is Cc1cc(NCC2CC3CCC2C3)c(C#N)c(C)n1. The molecule has 0 saturated heterocycles. The second-order valence-electron chi connectivity index (χ2n) is 6.20. The first kappa shape index (κ1) is 12.5. The summed E-state index contributed by atoms with van der Waals surface area (Å²) in [5, 5.41) is 12.8. The number of nitrogens with one attached hydrogen (secondary N) is 1. The quantitative estimate of drug-likeness (QED) is 0.900. The molecule has 100 valence electrons. The first-order valence-electron chi connectivity index (χ1n) is 7.29. The average molecular weight is 255 g/mol. The molecule has 2 aliphatic carbocycles. The van der Waals surface area contributed by atoms with Crippen molar-refractivity contribution in [3.63, 3.8) is 0 Å². The minimum Gasteiger partial charge on any atom is -0.384 e. The molecule has 1 N–H and O–H groups in total. The zero-order valence-electron chi connectivity index (χ0n) is 11.7. The molecule has 2 fully saturated rings. The van der Waals surface area contributed by atoms with Crippen LogP contribution in [0.5, 0.6) is 0 Å². The molecule has 19 heavy (non-hydrogen) atoms. The largest absolute Gasteiger partial charge is 0.384 e. The molecule has 3 rings (SSSR count). The third-order valence-corrected chi connectivity index (χ3v) is 4.88. The molecular formula is C16H21N3. The molecule has 1 heterocycles. The van der Waals surface area contributed by atoms with Crippen LogP contribution in [0.25, 0.3) is 0 Å². The fourth-order valence-electron chi connectivity index (χ4n) is 3.98. The minimum atomic E-state index is 0.703. The maximum Gasteiger partial charge on any atom is 0.103 e. The van der Waals surface area contributed by atoms with E-state index >= 15 is 0 Å². The normalized spacial score (nSPS) is 28.4. The highest BCUT2D eigenvalue weighted by Crippen LogP contribution is 2.48. The molecule has 0 spiro atoms.